The first kappa shape index (κ1) is 85.5. The quantitative estimate of drug-likeness (QED) is 0.143. The van der Waals surface area contributed by atoms with Gasteiger partial charge in [-0.3, -0.25) is 0 Å². The molecule has 16 nitrogen and oxygen atoms in total. The van der Waals surface area contributed by atoms with Gasteiger partial charge in [0.25, 0.3) is 0 Å². The second-order valence-corrected chi connectivity index (χ2v) is 36.0. The van der Waals surface area contributed by atoms with Crippen LogP contribution in [0.1, 0.15) is 249 Å². The summed E-state index contributed by atoms with van der Waals surface area (Å²) in [5.74, 6) is 0. The van der Waals surface area contributed by atoms with Crippen molar-refractivity contribution in [3.63, 3.8) is 0 Å². The van der Waals surface area contributed by atoms with Crippen LogP contribution in [0.4, 0.5) is 0 Å². The van der Waals surface area contributed by atoms with Gasteiger partial charge < -0.3 is 72.3 Å². The fourth-order valence-corrected chi connectivity index (χ4v) is 14.4. The summed E-state index contributed by atoms with van der Waals surface area (Å²) in [5, 5.41) is 0.194. The van der Waals surface area contributed by atoms with E-state index in [1.807, 2.05) is 249 Å². The van der Waals surface area contributed by atoms with Gasteiger partial charge in [-0.15, -0.1) is 23.2 Å². The average Bonchev–Trinajstić information content (AvgIpc) is 2.79. The molecule has 0 aromatic rings. The molecule has 0 aliphatic heterocycles. The summed E-state index contributed by atoms with van der Waals surface area (Å²) in [4.78, 5) is 48.4. The summed E-state index contributed by atoms with van der Waals surface area (Å²) < 4.78 is 66.5. The predicted octanol–water partition coefficient (Wildman–Crippen LogP) is 11.0. The molecule has 72 heavy (non-hydrogen) atoms. The molecule has 0 rings (SSSR count). The second-order valence-electron chi connectivity index (χ2n) is 28.7. The third kappa shape index (κ3) is 66.5. The molecule has 0 bridgehead atoms. The fraction of sp³-hybridized carbons (Fsp3) is 1.00. The molecular weight excluding hydrogens is 1170 g/mol. The van der Waals surface area contributed by atoms with Gasteiger partial charge in [-0.05, 0) is 249 Å². The standard InChI is InChI=1S/C12H28O4Si.3C12H27O4Si.CH2Cl2.Ce/c4*1-10(2,3)14-17(13,15-11(4,5)6)16-12(7,8)9;2-1-3;/h13H,1-9H3;3*1-9H3;1H2;/q;3*-1;;+3. The van der Waals surface area contributed by atoms with Crippen LogP contribution in [0, 0.1) is 41.7 Å². The summed E-state index contributed by atoms with van der Waals surface area (Å²) in [5.41, 5.74) is -6.76. The zero-order valence-electron chi connectivity index (χ0n) is 52.5. The van der Waals surface area contributed by atoms with Gasteiger partial charge in [-0.2, -0.15) is 0 Å². The van der Waals surface area contributed by atoms with Crippen LogP contribution in [0.3, 0.4) is 0 Å². The van der Waals surface area contributed by atoms with Crippen LogP contribution >= 0.6 is 23.2 Å². The van der Waals surface area contributed by atoms with E-state index in [9.17, 15) is 19.2 Å². The van der Waals surface area contributed by atoms with Crippen LogP contribution in [0.2, 0.25) is 0 Å². The summed E-state index contributed by atoms with van der Waals surface area (Å²) in [6, 6.07) is 0. The molecule has 0 aromatic carbocycles. The van der Waals surface area contributed by atoms with Gasteiger partial charge in [0.05, 0.1) is 72.6 Å². The van der Waals surface area contributed by atoms with Crippen molar-refractivity contribution in [3.05, 3.63) is 0 Å². The van der Waals surface area contributed by atoms with Crippen molar-refractivity contribution < 1.29 is 114 Å². The van der Waals surface area contributed by atoms with Crippen LogP contribution in [-0.4, -0.2) is 114 Å². The van der Waals surface area contributed by atoms with E-state index >= 15 is 0 Å². The molecule has 0 saturated carbocycles. The topological polar surface area (TPSA) is 200 Å². The minimum atomic E-state index is -3.91. The van der Waals surface area contributed by atoms with Gasteiger partial charge in [0.15, 0.2) is 0 Å². The van der Waals surface area contributed by atoms with Crippen molar-refractivity contribution >= 4 is 59.4 Å². The first-order chi connectivity index (χ1) is 29.9. The van der Waals surface area contributed by atoms with E-state index in [4.69, 9.17) is 76.3 Å². The van der Waals surface area contributed by atoms with Gasteiger partial charge >= 0.3 is 77.9 Å². The van der Waals surface area contributed by atoms with Gasteiger partial charge in [0.2, 0.25) is 0 Å². The zero-order valence-corrected chi connectivity index (χ0v) is 61.2. The molecule has 0 amide bonds. The molecule has 0 fully saturated rings. The molecule has 23 heteroatoms. The predicted molar refractivity (Wildman–Crippen MR) is 292 cm³/mol. The Hall–Kier alpha value is 2.18. The monoisotopic (exact) mass is 1280 g/mol. The zero-order chi connectivity index (χ0) is 59.2. The summed E-state index contributed by atoms with van der Waals surface area (Å²) in [6.07, 6.45) is 0. The van der Waals surface area contributed by atoms with E-state index < -0.39 is 103 Å². The summed E-state index contributed by atoms with van der Waals surface area (Å²) in [6.45, 7) is 66.0. The Morgan fingerprint density at radius 1 is 0.250 bits per heavy atom. The number of rotatable bonds is 12. The Balaban J connectivity index is -0.000000197. The van der Waals surface area contributed by atoms with E-state index in [-0.39, 0.29) is 47.1 Å². The van der Waals surface area contributed by atoms with Crippen molar-refractivity contribution in [3.8, 4) is 0 Å². The van der Waals surface area contributed by atoms with E-state index in [0.29, 0.717) is 0 Å². The summed E-state index contributed by atoms with van der Waals surface area (Å²) in [7, 11) is -15.4. The van der Waals surface area contributed by atoms with Gasteiger partial charge in [-0.25, -0.2) is 0 Å². The van der Waals surface area contributed by atoms with Gasteiger partial charge in [0.1, 0.15) is 0 Å². The van der Waals surface area contributed by atoms with Crippen LogP contribution in [-0.2, 0) is 53.1 Å². The minimum absolute atomic E-state index is 0. The number of alkyl halides is 2. The first-order valence-electron chi connectivity index (χ1n) is 24.3. The maximum absolute atomic E-state index is 12.6. The van der Waals surface area contributed by atoms with Crippen molar-refractivity contribution in [1.29, 1.82) is 0 Å². The normalized spacial score (nSPS) is 14.6. The number of hydrogen-bond acceptors (Lipinski definition) is 16. The maximum atomic E-state index is 12.6. The Kier molecular flexibility index (Phi) is 36.6. The van der Waals surface area contributed by atoms with Crippen LogP contribution in [0.25, 0.3) is 0 Å². The van der Waals surface area contributed by atoms with Crippen LogP contribution < -0.4 is 14.4 Å². The molecule has 0 aromatic heterocycles. The van der Waals surface area contributed by atoms with Crippen molar-refractivity contribution in [2.24, 2.45) is 0 Å². The molecule has 437 valence electrons. The van der Waals surface area contributed by atoms with E-state index in [1.165, 1.54) is 0 Å². The van der Waals surface area contributed by atoms with Crippen LogP contribution in [0.5, 0.6) is 0 Å². The van der Waals surface area contributed by atoms with Gasteiger partial charge in [-0.1, -0.05) is 0 Å². The smallest absolute Gasteiger partial charge is 0.793 e. The van der Waals surface area contributed by atoms with Crippen molar-refractivity contribution in [2.75, 3.05) is 5.34 Å². The maximum Gasteiger partial charge on any atom is 3.00 e. The van der Waals surface area contributed by atoms with Crippen LogP contribution in [0.15, 0.2) is 0 Å². The Morgan fingerprint density at radius 2 is 0.319 bits per heavy atom. The third-order valence-corrected chi connectivity index (χ3v) is 15.6. The Bertz CT molecular complexity index is 1070. The second kappa shape index (κ2) is 30.8. The third-order valence-electron chi connectivity index (χ3n) is 5.19. The molecule has 0 heterocycles. The van der Waals surface area contributed by atoms with E-state index in [0.717, 1.165) is 0 Å². The van der Waals surface area contributed by atoms with E-state index in [1.54, 1.807) is 0 Å². The first-order valence-corrected chi connectivity index (χ1v) is 31.9. The van der Waals surface area contributed by atoms with Crippen molar-refractivity contribution in [1.82, 2.24) is 0 Å². The number of halogens is 2. The molecule has 0 unspecified atom stereocenters. The van der Waals surface area contributed by atoms with E-state index in [2.05, 4.69) is 0 Å². The molecule has 0 aliphatic carbocycles. The van der Waals surface area contributed by atoms with Crippen molar-refractivity contribution in [2.45, 2.75) is 316 Å². The molecular formula is C49H111CeCl2O16Si4. The minimum Gasteiger partial charge on any atom is -0.793 e. The molecule has 0 aliphatic rings. The Labute approximate surface area is 491 Å². The molecule has 0 saturated heterocycles. The largest absolute Gasteiger partial charge is 3.00 e. The fourth-order valence-electron chi connectivity index (χ4n) is 4.79. The molecule has 1 radical (unpaired) electrons. The average molecular weight is 1280 g/mol. The van der Waals surface area contributed by atoms with Gasteiger partial charge in [0, 0.05) is 0 Å². The summed E-state index contributed by atoms with van der Waals surface area (Å²) >= 11 is 9.53. The Morgan fingerprint density at radius 3 is 0.375 bits per heavy atom. The SMILES string of the molecule is CC(C)(C)O[Si](O)(OC(C)(C)C)OC(C)(C)C.CC(C)(C)O[Si]([O-])(OC(C)(C)C)OC(C)(C)C.CC(C)(C)O[Si]([O-])(OC(C)(C)C)OC(C)(C)C.CC(C)(C)O[Si]([O-])(OC(C)(C)C)OC(C)(C)C.ClCCl.[Ce+3]. The molecule has 0 spiro atoms. The molecule has 1 N–H and O–H groups in total. The number of hydrogen-bond donors (Lipinski definition) is 1. The molecule has 0 atom stereocenters.